The maximum atomic E-state index is 2.56. The summed E-state index contributed by atoms with van der Waals surface area (Å²) < 4.78 is 2.48. The summed E-state index contributed by atoms with van der Waals surface area (Å²) in [5.41, 5.74) is 14.9. The summed E-state index contributed by atoms with van der Waals surface area (Å²) >= 11 is 0. The Balaban J connectivity index is 1.17. The third kappa shape index (κ3) is 4.57. The summed E-state index contributed by atoms with van der Waals surface area (Å²) in [5.74, 6) is 0.222. The zero-order chi connectivity index (χ0) is 33.0. The van der Waals surface area contributed by atoms with Gasteiger partial charge in [-0.1, -0.05) is 140 Å². The minimum Gasteiger partial charge on any atom is -0.333 e. The van der Waals surface area contributed by atoms with Crippen LogP contribution in [0.1, 0.15) is 11.5 Å². The number of nitrogens with zero attached hydrogens (tertiary/aromatic N) is 2. The predicted octanol–water partition coefficient (Wildman–Crippen LogP) is 12.5. The Morgan fingerprint density at radius 3 is 1.70 bits per heavy atom. The highest BCUT2D eigenvalue weighted by atomic mass is 15.2. The first-order valence-electron chi connectivity index (χ1n) is 17.4. The van der Waals surface area contributed by atoms with E-state index in [1.165, 1.54) is 77.8 Å². The van der Waals surface area contributed by atoms with Crippen LogP contribution in [0.2, 0.25) is 0 Å². The van der Waals surface area contributed by atoms with Crippen molar-refractivity contribution in [2.24, 2.45) is 0 Å². The van der Waals surface area contributed by atoms with Crippen LogP contribution in [-0.4, -0.2) is 10.6 Å². The van der Waals surface area contributed by atoms with Crippen LogP contribution in [0.4, 0.5) is 11.4 Å². The van der Waals surface area contributed by atoms with Crippen molar-refractivity contribution in [3.63, 3.8) is 0 Å². The highest BCUT2D eigenvalue weighted by Crippen LogP contribution is 2.52. The van der Waals surface area contributed by atoms with Crippen molar-refractivity contribution in [2.75, 3.05) is 4.90 Å². The highest BCUT2D eigenvalue weighted by Gasteiger charge is 2.40. The number of aromatic nitrogens is 1. The maximum Gasteiger partial charge on any atom is 0.0630 e. The lowest BCUT2D eigenvalue weighted by atomic mass is 9.90. The Labute approximate surface area is 292 Å². The maximum absolute atomic E-state index is 2.56. The molecule has 1 aliphatic carbocycles. The normalized spacial score (nSPS) is 16.2. The topological polar surface area (TPSA) is 8.17 Å². The minimum atomic E-state index is 0.175. The molecule has 8 aromatic rings. The molecule has 2 heterocycles. The van der Waals surface area contributed by atoms with E-state index in [1.807, 2.05) is 0 Å². The number of hydrogen-bond donors (Lipinski definition) is 0. The number of allylic oxidation sites excluding steroid dienone is 2. The minimum absolute atomic E-state index is 0.175. The summed E-state index contributed by atoms with van der Waals surface area (Å²) in [5, 5.41) is 2.58. The van der Waals surface area contributed by atoms with Crippen LogP contribution in [0.25, 0.3) is 60.9 Å². The fraction of sp³-hybridized carbons (Fsp3) is 0.0417. The third-order valence-corrected chi connectivity index (χ3v) is 10.5. The fourth-order valence-electron chi connectivity index (χ4n) is 8.26. The molecule has 7 aromatic carbocycles. The average molecular weight is 639 g/mol. The van der Waals surface area contributed by atoms with Gasteiger partial charge in [0.2, 0.25) is 0 Å². The number of rotatable bonds is 5. The summed E-state index contributed by atoms with van der Waals surface area (Å²) in [7, 11) is 0. The van der Waals surface area contributed by atoms with Crippen LogP contribution < -0.4 is 4.90 Å². The summed E-state index contributed by atoms with van der Waals surface area (Å²) in [6.07, 6.45) is 9.21. The molecule has 2 unspecified atom stereocenters. The molecule has 2 nitrogen and oxygen atoms in total. The van der Waals surface area contributed by atoms with Crippen LogP contribution in [-0.2, 0) is 0 Å². The third-order valence-electron chi connectivity index (χ3n) is 10.5. The van der Waals surface area contributed by atoms with Gasteiger partial charge in [-0.05, 0) is 88.0 Å². The number of hydrogen-bond acceptors (Lipinski definition) is 1. The molecule has 1 aliphatic heterocycles. The molecule has 10 rings (SSSR count). The van der Waals surface area contributed by atoms with E-state index in [4.69, 9.17) is 0 Å². The van der Waals surface area contributed by atoms with Crippen molar-refractivity contribution in [3.8, 4) is 39.1 Å². The Bertz CT molecular complexity index is 2540. The standard InChI is InChI=1S/C48H34N2/c1-4-15-33(16-5-1)36-29-37(34-17-6-2-7-18-34)31-38(30-36)35-19-14-22-40(32-35)49-45-26-13-11-24-43(45)47-46(49)28-27-42-41-23-10-12-25-44(41)50(48(42)47)39-20-8-3-9-21-39/h1-32,43,45H. The van der Waals surface area contributed by atoms with Crippen molar-refractivity contribution in [1.29, 1.82) is 0 Å². The number of anilines is 2. The van der Waals surface area contributed by atoms with E-state index >= 15 is 0 Å². The van der Waals surface area contributed by atoms with Crippen LogP contribution in [0.15, 0.2) is 194 Å². The molecule has 236 valence electrons. The lowest BCUT2D eigenvalue weighted by Crippen LogP contribution is -2.28. The van der Waals surface area contributed by atoms with Gasteiger partial charge in [0.25, 0.3) is 0 Å². The molecule has 0 saturated carbocycles. The fourth-order valence-corrected chi connectivity index (χ4v) is 8.26. The largest absolute Gasteiger partial charge is 0.333 e. The molecule has 2 aliphatic rings. The van der Waals surface area contributed by atoms with Gasteiger partial charge in [0, 0.05) is 39.3 Å². The molecule has 2 heteroatoms. The highest BCUT2D eigenvalue weighted by molar-refractivity contribution is 6.12. The monoisotopic (exact) mass is 638 g/mol. The molecule has 50 heavy (non-hydrogen) atoms. The molecule has 0 saturated heterocycles. The SMILES string of the molecule is C1=CC2c3c(ccc4c5ccccc5n(-c5ccccc5)c34)N(c3cccc(-c4cc(-c5ccccc5)cc(-c5ccccc5)c4)c3)C2C=C1. The zero-order valence-electron chi connectivity index (χ0n) is 27.5. The first-order valence-corrected chi connectivity index (χ1v) is 17.4. The van der Waals surface area contributed by atoms with E-state index < -0.39 is 0 Å². The van der Waals surface area contributed by atoms with E-state index in [1.54, 1.807) is 0 Å². The van der Waals surface area contributed by atoms with Gasteiger partial charge in [-0.15, -0.1) is 0 Å². The Morgan fingerprint density at radius 1 is 0.400 bits per heavy atom. The van der Waals surface area contributed by atoms with Gasteiger partial charge in [0.05, 0.1) is 17.1 Å². The van der Waals surface area contributed by atoms with Crippen molar-refractivity contribution < 1.29 is 0 Å². The Morgan fingerprint density at radius 2 is 0.980 bits per heavy atom. The number of fused-ring (bicyclic) bond motifs is 7. The quantitative estimate of drug-likeness (QED) is 0.182. The van der Waals surface area contributed by atoms with E-state index in [0.29, 0.717) is 0 Å². The van der Waals surface area contributed by atoms with Gasteiger partial charge in [-0.2, -0.15) is 0 Å². The second kappa shape index (κ2) is 11.6. The van der Waals surface area contributed by atoms with Gasteiger partial charge in [-0.3, -0.25) is 0 Å². The van der Waals surface area contributed by atoms with E-state index in [0.717, 1.165) is 0 Å². The second-order valence-corrected chi connectivity index (χ2v) is 13.3. The van der Waals surface area contributed by atoms with E-state index in [9.17, 15) is 0 Å². The predicted molar refractivity (Wildman–Crippen MR) is 210 cm³/mol. The van der Waals surface area contributed by atoms with Gasteiger partial charge in [0.15, 0.2) is 0 Å². The van der Waals surface area contributed by atoms with Gasteiger partial charge in [-0.25, -0.2) is 0 Å². The van der Waals surface area contributed by atoms with E-state index in [2.05, 4.69) is 204 Å². The van der Waals surface area contributed by atoms with Crippen LogP contribution in [0.5, 0.6) is 0 Å². The van der Waals surface area contributed by atoms with Gasteiger partial charge < -0.3 is 9.47 Å². The second-order valence-electron chi connectivity index (χ2n) is 13.3. The van der Waals surface area contributed by atoms with Crippen molar-refractivity contribution in [2.45, 2.75) is 12.0 Å². The summed E-state index contributed by atoms with van der Waals surface area (Å²) in [6, 6.07) is 62.1. The summed E-state index contributed by atoms with van der Waals surface area (Å²) in [6.45, 7) is 0. The van der Waals surface area contributed by atoms with E-state index in [-0.39, 0.29) is 12.0 Å². The lowest BCUT2D eigenvalue weighted by Gasteiger charge is -2.29. The molecular weight excluding hydrogens is 605 g/mol. The van der Waals surface area contributed by atoms with Crippen LogP contribution in [0, 0.1) is 0 Å². The Hall–Kier alpha value is -6.38. The Kier molecular flexibility index (Phi) is 6.67. The number of benzene rings is 7. The summed E-state index contributed by atoms with van der Waals surface area (Å²) in [4.78, 5) is 2.56. The molecule has 0 radical (unpaired) electrons. The molecule has 1 aromatic heterocycles. The van der Waals surface area contributed by atoms with Gasteiger partial charge >= 0.3 is 0 Å². The first kappa shape index (κ1) is 28.6. The molecule has 2 atom stereocenters. The molecule has 0 fully saturated rings. The first-order chi connectivity index (χ1) is 24.8. The molecule has 0 N–H and O–H groups in total. The van der Waals surface area contributed by atoms with Crippen molar-refractivity contribution >= 4 is 33.2 Å². The van der Waals surface area contributed by atoms with Crippen LogP contribution in [0.3, 0.4) is 0 Å². The smallest absolute Gasteiger partial charge is 0.0630 e. The molecular formula is C48H34N2. The molecule has 0 bridgehead atoms. The van der Waals surface area contributed by atoms with Crippen LogP contribution >= 0.6 is 0 Å². The molecule has 0 spiro atoms. The lowest BCUT2D eigenvalue weighted by molar-refractivity contribution is 0.746. The number of para-hydroxylation sites is 2. The van der Waals surface area contributed by atoms with Crippen molar-refractivity contribution in [3.05, 3.63) is 200 Å². The van der Waals surface area contributed by atoms with Gasteiger partial charge in [0.1, 0.15) is 0 Å². The molecule has 0 amide bonds. The average Bonchev–Trinajstić information content (AvgIpc) is 3.72. The van der Waals surface area contributed by atoms with Crippen molar-refractivity contribution in [1.82, 2.24) is 4.57 Å². The zero-order valence-corrected chi connectivity index (χ0v) is 27.5.